The summed E-state index contributed by atoms with van der Waals surface area (Å²) in [5.74, 6) is -0.183. The molecule has 0 aromatic heterocycles. The van der Waals surface area contributed by atoms with E-state index >= 15 is 0 Å². The predicted octanol–water partition coefficient (Wildman–Crippen LogP) is 0.269. The smallest absolute Gasteiger partial charge is 0.326 e. The third-order valence-corrected chi connectivity index (χ3v) is 2.02. The van der Waals surface area contributed by atoms with Gasteiger partial charge in [-0.3, -0.25) is 9.69 Å². The molecular weight excluding hydrogens is 170 g/mol. The highest BCUT2D eigenvalue weighted by Crippen LogP contribution is 2.06. The molecule has 0 radical (unpaired) electrons. The predicted molar refractivity (Wildman–Crippen MR) is 48.5 cm³/mol. The maximum absolute atomic E-state index is 11.5. The molecule has 0 aromatic rings. The molecule has 4 nitrogen and oxygen atoms in total. The molecule has 1 rings (SSSR count). The Kier molecular flexibility index (Phi) is 3.69. The Hall–Kier alpha value is -0.610. The van der Waals surface area contributed by atoms with Crippen molar-refractivity contribution < 1.29 is 14.3 Å². The largest absolute Gasteiger partial charge is 0.462 e. The Morgan fingerprint density at radius 2 is 2.31 bits per heavy atom. The summed E-state index contributed by atoms with van der Waals surface area (Å²) in [4.78, 5) is 13.4. The molecular formula is C9H17NO3. The van der Waals surface area contributed by atoms with Crippen molar-refractivity contribution in [2.45, 2.75) is 26.0 Å². The molecule has 0 aliphatic carbocycles. The fourth-order valence-electron chi connectivity index (χ4n) is 1.25. The van der Waals surface area contributed by atoms with Gasteiger partial charge < -0.3 is 9.47 Å². The number of hydrogen-bond acceptors (Lipinski definition) is 4. The molecule has 0 N–H and O–H groups in total. The van der Waals surface area contributed by atoms with E-state index in [1.54, 1.807) is 0 Å². The molecule has 0 spiro atoms. The number of rotatable bonds is 2. The molecule has 13 heavy (non-hydrogen) atoms. The van der Waals surface area contributed by atoms with Crippen LogP contribution in [0.3, 0.4) is 0 Å². The van der Waals surface area contributed by atoms with Gasteiger partial charge in [0.25, 0.3) is 0 Å². The summed E-state index contributed by atoms with van der Waals surface area (Å²) in [7, 11) is 1.91. The quantitative estimate of drug-likeness (QED) is 0.582. The lowest BCUT2D eigenvalue weighted by Crippen LogP contribution is -2.48. The number of ether oxygens (including phenoxy) is 2. The van der Waals surface area contributed by atoms with Crippen molar-refractivity contribution in [2.24, 2.45) is 0 Å². The van der Waals surface area contributed by atoms with Gasteiger partial charge in [0.15, 0.2) is 0 Å². The zero-order chi connectivity index (χ0) is 9.84. The highest BCUT2D eigenvalue weighted by atomic mass is 16.5. The molecule has 1 saturated heterocycles. The van der Waals surface area contributed by atoms with Crippen LogP contribution in [0.5, 0.6) is 0 Å². The van der Waals surface area contributed by atoms with E-state index in [0.29, 0.717) is 13.2 Å². The van der Waals surface area contributed by atoms with E-state index in [-0.39, 0.29) is 18.1 Å². The van der Waals surface area contributed by atoms with Crippen LogP contribution in [-0.2, 0) is 14.3 Å². The Bertz CT molecular complexity index is 182. The van der Waals surface area contributed by atoms with Crippen molar-refractivity contribution in [3.63, 3.8) is 0 Å². The average Bonchev–Trinajstić information content (AvgIpc) is 2.03. The van der Waals surface area contributed by atoms with E-state index < -0.39 is 0 Å². The normalized spacial score (nSPS) is 24.8. The number of carbonyl (C=O) groups excluding carboxylic acids is 1. The molecule has 0 amide bonds. The van der Waals surface area contributed by atoms with Crippen molar-refractivity contribution in [1.82, 2.24) is 4.90 Å². The van der Waals surface area contributed by atoms with Crippen LogP contribution in [0, 0.1) is 0 Å². The number of likely N-dealkylation sites (N-methyl/N-ethyl adjacent to an activating group) is 1. The maximum atomic E-state index is 11.5. The molecule has 1 heterocycles. The molecule has 4 heteroatoms. The van der Waals surface area contributed by atoms with Gasteiger partial charge in [0.2, 0.25) is 0 Å². The SMILES string of the molecule is CC(C)OC(=O)[C@H]1COCCN1C. The summed E-state index contributed by atoms with van der Waals surface area (Å²) in [5, 5.41) is 0. The van der Waals surface area contributed by atoms with Gasteiger partial charge in [0, 0.05) is 6.54 Å². The number of carbonyl (C=O) groups is 1. The van der Waals surface area contributed by atoms with Gasteiger partial charge in [0.1, 0.15) is 6.04 Å². The highest BCUT2D eigenvalue weighted by Gasteiger charge is 2.28. The Morgan fingerprint density at radius 3 is 2.85 bits per heavy atom. The lowest BCUT2D eigenvalue weighted by atomic mass is 10.2. The first-order valence-electron chi connectivity index (χ1n) is 4.59. The second-order valence-electron chi connectivity index (χ2n) is 3.56. The van der Waals surface area contributed by atoms with Gasteiger partial charge in [-0.15, -0.1) is 0 Å². The zero-order valence-electron chi connectivity index (χ0n) is 8.45. The minimum absolute atomic E-state index is 0.0529. The van der Waals surface area contributed by atoms with Gasteiger partial charge in [0.05, 0.1) is 19.3 Å². The van der Waals surface area contributed by atoms with Crippen molar-refractivity contribution in [2.75, 3.05) is 26.8 Å². The fraction of sp³-hybridized carbons (Fsp3) is 0.889. The average molecular weight is 187 g/mol. The minimum Gasteiger partial charge on any atom is -0.462 e. The monoisotopic (exact) mass is 187 g/mol. The summed E-state index contributed by atoms with van der Waals surface area (Å²) in [6.07, 6.45) is -0.0529. The first kappa shape index (κ1) is 10.5. The van der Waals surface area contributed by atoms with Crippen LogP contribution in [0.25, 0.3) is 0 Å². The van der Waals surface area contributed by atoms with Gasteiger partial charge in [-0.1, -0.05) is 0 Å². The molecule has 1 fully saturated rings. The second-order valence-corrected chi connectivity index (χ2v) is 3.56. The number of hydrogen-bond donors (Lipinski definition) is 0. The van der Waals surface area contributed by atoms with Crippen LogP contribution in [0.4, 0.5) is 0 Å². The highest BCUT2D eigenvalue weighted by molar-refractivity contribution is 5.76. The summed E-state index contributed by atoms with van der Waals surface area (Å²) in [6.45, 7) is 5.63. The third kappa shape index (κ3) is 2.97. The molecule has 0 aromatic carbocycles. The molecule has 76 valence electrons. The van der Waals surface area contributed by atoms with E-state index in [1.807, 2.05) is 25.8 Å². The number of morpholine rings is 1. The molecule has 1 aliphatic heterocycles. The first-order valence-corrected chi connectivity index (χ1v) is 4.59. The van der Waals surface area contributed by atoms with E-state index in [2.05, 4.69) is 0 Å². The van der Waals surface area contributed by atoms with Gasteiger partial charge in [-0.25, -0.2) is 0 Å². The Balaban J connectivity index is 2.44. The fourth-order valence-corrected chi connectivity index (χ4v) is 1.25. The number of nitrogens with zero attached hydrogens (tertiary/aromatic N) is 1. The molecule has 1 atom stereocenters. The van der Waals surface area contributed by atoms with Gasteiger partial charge >= 0.3 is 5.97 Å². The minimum atomic E-state index is -0.226. The molecule has 1 aliphatic rings. The topological polar surface area (TPSA) is 38.8 Å². The van der Waals surface area contributed by atoms with E-state index in [9.17, 15) is 4.79 Å². The van der Waals surface area contributed by atoms with Crippen molar-refractivity contribution in [3.8, 4) is 0 Å². The first-order chi connectivity index (χ1) is 6.11. The molecule has 0 bridgehead atoms. The van der Waals surface area contributed by atoms with Crippen LogP contribution in [0.2, 0.25) is 0 Å². The van der Waals surface area contributed by atoms with E-state index in [0.717, 1.165) is 6.54 Å². The van der Waals surface area contributed by atoms with Gasteiger partial charge in [-0.05, 0) is 20.9 Å². The molecule has 0 saturated carbocycles. The standard InChI is InChI=1S/C9H17NO3/c1-7(2)13-9(11)8-6-12-5-4-10(8)3/h7-8H,4-6H2,1-3H3/t8-/m1/s1. The van der Waals surface area contributed by atoms with Crippen LogP contribution >= 0.6 is 0 Å². The Labute approximate surface area is 78.8 Å². The second kappa shape index (κ2) is 4.58. The van der Waals surface area contributed by atoms with Crippen LogP contribution < -0.4 is 0 Å². The van der Waals surface area contributed by atoms with Crippen LogP contribution in [-0.4, -0.2) is 49.8 Å². The summed E-state index contributed by atoms with van der Waals surface area (Å²) < 4.78 is 10.3. The van der Waals surface area contributed by atoms with E-state index in [4.69, 9.17) is 9.47 Å². The van der Waals surface area contributed by atoms with Crippen molar-refractivity contribution in [1.29, 1.82) is 0 Å². The van der Waals surface area contributed by atoms with Gasteiger partial charge in [-0.2, -0.15) is 0 Å². The Morgan fingerprint density at radius 1 is 1.62 bits per heavy atom. The summed E-state index contributed by atoms with van der Waals surface area (Å²) in [6, 6.07) is -0.226. The van der Waals surface area contributed by atoms with Crippen molar-refractivity contribution in [3.05, 3.63) is 0 Å². The van der Waals surface area contributed by atoms with Crippen LogP contribution in [0.15, 0.2) is 0 Å². The maximum Gasteiger partial charge on any atom is 0.326 e. The lowest BCUT2D eigenvalue weighted by molar-refractivity contribution is -0.158. The summed E-state index contributed by atoms with van der Waals surface area (Å²) >= 11 is 0. The van der Waals surface area contributed by atoms with Crippen molar-refractivity contribution >= 4 is 5.97 Å². The zero-order valence-corrected chi connectivity index (χ0v) is 8.45. The molecule has 0 unspecified atom stereocenters. The third-order valence-electron chi connectivity index (χ3n) is 2.02. The summed E-state index contributed by atoms with van der Waals surface area (Å²) in [5.41, 5.74) is 0. The van der Waals surface area contributed by atoms with E-state index in [1.165, 1.54) is 0 Å². The van der Waals surface area contributed by atoms with Crippen LogP contribution in [0.1, 0.15) is 13.8 Å². The lowest BCUT2D eigenvalue weighted by Gasteiger charge is -2.30. The number of esters is 1.